The van der Waals surface area contributed by atoms with Gasteiger partial charge in [0.15, 0.2) is 5.69 Å². The number of nitrogen functional groups attached to an aromatic ring is 1. The van der Waals surface area contributed by atoms with Gasteiger partial charge in [-0.1, -0.05) is 0 Å². The Morgan fingerprint density at radius 3 is 2.39 bits per heavy atom. The Bertz CT molecular complexity index is 489. The Labute approximate surface area is 105 Å². The van der Waals surface area contributed by atoms with Crippen LogP contribution in [-0.2, 0) is 7.05 Å². The number of carbonyl (C=O) groups is 1. The second-order valence-corrected chi connectivity index (χ2v) is 3.72. The van der Waals surface area contributed by atoms with E-state index in [2.05, 4.69) is 5.10 Å². The Balaban J connectivity index is 2.85. The summed E-state index contributed by atoms with van der Waals surface area (Å²) in [5.74, 6) is -0.349. The summed E-state index contributed by atoms with van der Waals surface area (Å²) in [5, 5.41) is 21.1. The van der Waals surface area contributed by atoms with E-state index in [4.69, 9.17) is 16.3 Å². The van der Waals surface area contributed by atoms with Crippen molar-refractivity contribution in [2.75, 3.05) is 18.8 Å². The van der Waals surface area contributed by atoms with Crippen LogP contribution in [0.2, 0.25) is 0 Å². The van der Waals surface area contributed by atoms with Gasteiger partial charge in [-0.15, -0.1) is 0 Å². The van der Waals surface area contributed by atoms with E-state index in [0.717, 1.165) is 0 Å². The molecule has 1 rings (SSSR count). The van der Waals surface area contributed by atoms with E-state index >= 15 is 0 Å². The molecule has 0 aromatic carbocycles. The summed E-state index contributed by atoms with van der Waals surface area (Å²) in [6.45, 7) is 0.542. The Morgan fingerprint density at radius 1 is 1.44 bits per heavy atom. The third-order valence-electron chi connectivity index (χ3n) is 2.33. The number of amides is 1. The van der Waals surface area contributed by atoms with Crippen LogP contribution >= 0.6 is 0 Å². The number of rotatable bonds is 5. The van der Waals surface area contributed by atoms with Crippen molar-refractivity contribution in [3.05, 3.63) is 11.9 Å². The van der Waals surface area contributed by atoms with E-state index in [1.807, 2.05) is 12.1 Å². The van der Waals surface area contributed by atoms with Crippen LogP contribution in [0.25, 0.3) is 0 Å². The van der Waals surface area contributed by atoms with E-state index < -0.39 is 0 Å². The number of nitrogens with two attached hydrogens (primary N) is 1. The van der Waals surface area contributed by atoms with Gasteiger partial charge in [0, 0.05) is 26.3 Å². The van der Waals surface area contributed by atoms with Crippen LogP contribution in [0.5, 0.6) is 0 Å². The molecule has 1 aromatic rings. The highest BCUT2D eigenvalue weighted by atomic mass is 16.2. The molecule has 0 atom stereocenters. The van der Waals surface area contributed by atoms with Gasteiger partial charge in [0.2, 0.25) is 0 Å². The largest absolute Gasteiger partial charge is 0.396 e. The molecule has 0 bridgehead atoms. The summed E-state index contributed by atoms with van der Waals surface area (Å²) in [6, 6.07) is 3.93. The Kier molecular flexibility index (Phi) is 4.70. The van der Waals surface area contributed by atoms with Crippen molar-refractivity contribution in [2.24, 2.45) is 7.05 Å². The summed E-state index contributed by atoms with van der Waals surface area (Å²) in [7, 11) is 1.67. The topological polar surface area (TPSA) is 112 Å². The Morgan fingerprint density at radius 2 is 2.00 bits per heavy atom. The maximum atomic E-state index is 12.1. The van der Waals surface area contributed by atoms with Gasteiger partial charge >= 0.3 is 0 Å². The van der Waals surface area contributed by atoms with Crippen molar-refractivity contribution in [1.82, 2.24) is 14.7 Å². The van der Waals surface area contributed by atoms with Crippen molar-refractivity contribution in [2.45, 2.75) is 12.8 Å². The zero-order valence-corrected chi connectivity index (χ0v) is 10.1. The summed E-state index contributed by atoms with van der Waals surface area (Å²) < 4.78 is 1.45. The molecule has 1 heterocycles. The SMILES string of the molecule is Cn1cc(N)c(C(=O)N(CCC#N)CCC#N)n1. The van der Waals surface area contributed by atoms with Crippen molar-refractivity contribution >= 4 is 11.6 Å². The van der Waals surface area contributed by atoms with Gasteiger partial charge in [-0.05, 0) is 0 Å². The molecule has 0 aliphatic heterocycles. The average molecular weight is 246 g/mol. The predicted octanol–water partition coefficient (Wildman–Crippen LogP) is 0.272. The maximum Gasteiger partial charge on any atom is 0.276 e. The third-order valence-corrected chi connectivity index (χ3v) is 2.33. The number of hydrogen-bond donors (Lipinski definition) is 1. The van der Waals surface area contributed by atoms with E-state index in [9.17, 15) is 4.79 Å². The van der Waals surface area contributed by atoms with Crippen molar-refractivity contribution in [1.29, 1.82) is 10.5 Å². The van der Waals surface area contributed by atoms with Gasteiger partial charge in [0.1, 0.15) is 0 Å². The zero-order chi connectivity index (χ0) is 13.5. The highest BCUT2D eigenvalue weighted by Gasteiger charge is 2.20. The molecule has 0 saturated heterocycles. The van der Waals surface area contributed by atoms with Gasteiger partial charge in [-0.2, -0.15) is 15.6 Å². The second-order valence-electron chi connectivity index (χ2n) is 3.72. The minimum Gasteiger partial charge on any atom is -0.396 e. The first kappa shape index (κ1) is 13.5. The van der Waals surface area contributed by atoms with E-state index in [0.29, 0.717) is 5.69 Å². The minimum absolute atomic E-state index is 0.161. The van der Waals surface area contributed by atoms with Crippen LogP contribution < -0.4 is 5.73 Å². The number of anilines is 1. The molecule has 0 aliphatic carbocycles. The first-order valence-electron chi connectivity index (χ1n) is 5.42. The number of carbonyl (C=O) groups excluding carboxylic acids is 1. The van der Waals surface area contributed by atoms with Crippen LogP contribution in [0.4, 0.5) is 5.69 Å². The van der Waals surface area contributed by atoms with Crippen LogP contribution in [0.3, 0.4) is 0 Å². The van der Waals surface area contributed by atoms with Crippen LogP contribution in [-0.4, -0.2) is 33.7 Å². The molecule has 7 heteroatoms. The number of nitriles is 2. The lowest BCUT2D eigenvalue weighted by Gasteiger charge is -2.19. The first-order valence-corrected chi connectivity index (χ1v) is 5.42. The molecule has 0 saturated carbocycles. The fourth-order valence-corrected chi connectivity index (χ4v) is 1.51. The average Bonchev–Trinajstić information content (AvgIpc) is 2.68. The number of nitrogens with zero attached hydrogens (tertiary/aromatic N) is 5. The number of aromatic nitrogens is 2. The standard InChI is InChI=1S/C11H14N6O/c1-16-8-9(14)10(15-16)11(18)17(6-2-4-12)7-3-5-13/h8H,2-3,6-7,14H2,1H3. The van der Waals surface area contributed by atoms with Crippen LogP contribution in [0, 0.1) is 22.7 Å². The van der Waals surface area contributed by atoms with Crippen LogP contribution in [0.15, 0.2) is 6.20 Å². The molecular formula is C11H14N6O. The summed E-state index contributed by atoms with van der Waals surface area (Å²) >= 11 is 0. The fraction of sp³-hybridized carbons (Fsp3) is 0.455. The highest BCUT2D eigenvalue weighted by molar-refractivity contribution is 5.97. The molecule has 0 spiro atoms. The minimum atomic E-state index is -0.349. The van der Waals surface area contributed by atoms with Crippen molar-refractivity contribution < 1.29 is 4.79 Å². The molecule has 0 unspecified atom stereocenters. The van der Waals surface area contributed by atoms with E-state index in [1.54, 1.807) is 13.2 Å². The molecule has 0 aliphatic rings. The van der Waals surface area contributed by atoms with Gasteiger partial charge in [0.25, 0.3) is 5.91 Å². The van der Waals surface area contributed by atoms with Gasteiger partial charge < -0.3 is 10.6 Å². The lowest BCUT2D eigenvalue weighted by atomic mass is 10.3. The first-order chi connectivity index (χ1) is 8.60. The van der Waals surface area contributed by atoms with E-state index in [-0.39, 0.29) is 37.5 Å². The molecule has 7 nitrogen and oxygen atoms in total. The number of aryl methyl sites for hydroxylation is 1. The summed E-state index contributed by atoms with van der Waals surface area (Å²) in [6.07, 6.45) is 1.97. The predicted molar refractivity (Wildman–Crippen MR) is 64.0 cm³/mol. The molecule has 0 fully saturated rings. The molecule has 2 N–H and O–H groups in total. The fourth-order valence-electron chi connectivity index (χ4n) is 1.51. The monoisotopic (exact) mass is 246 g/mol. The second kappa shape index (κ2) is 6.26. The van der Waals surface area contributed by atoms with Crippen molar-refractivity contribution in [3.63, 3.8) is 0 Å². The molecule has 1 amide bonds. The lowest BCUT2D eigenvalue weighted by molar-refractivity contribution is 0.0757. The van der Waals surface area contributed by atoms with Crippen molar-refractivity contribution in [3.8, 4) is 12.1 Å². The smallest absolute Gasteiger partial charge is 0.276 e. The molecule has 1 aromatic heterocycles. The summed E-state index contributed by atoms with van der Waals surface area (Å²) in [4.78, 5) is 13.6. The highest BCUT2D eigenvalue weighted by Crippen LogP contribution is 2.12. The Hall–Kier alpha value is -2.54. The molecule has 0 radical (unpaired) electrons. The molecule has 94 valence electrons. The van der Waals surface area contributed by atoms with E-state index in [1.165, 1.54) is 9.58 Å². The van der Waals surface area contributed by atoms with Gasteiger partial charge in [-0.25, -0.2) is 0 Å². The van der Waals surface area contributed by atoms with Gasteiger partial charge in [0.05, 0.1) is 30.7 Å². The third kappa shape index (κ3) is 3.22. The quantitative estimate of drug-likeness (QED) is 0.801. The summed E-state index contributed by atoms with van der Waals surface area (Å²) in [5.41, 5.74) is 6.13. The maximum absolute atomic E-state index is 12.1. The lowest BCUT2D eigenvalue weighted by Crippen LogP contribution is -2.33. The zero-order valence-electron chi connectivity index (χ0n) is 10.1. The molecule has 18 heavy (non-hydrogen) atoms. The van der Waals surface area contributed by atoms with Gasteiger partial charge in [-0.3, -0.25) is 9.48 Å². The molecular weight excluding hydrogens is 232 g/mol. The normalized spacial score (nSPS) is 9.50. The van der Waals surface area contributed by atoms with Crippen LogP contribution in [0.1, 0.15) is 23.3 Å². The number of hydrogen-bond acceptors (Lipinski definition) is 5.